The van der Waals surface area contributed by atoms with Crippen LogP contribution in [-0.4, -0.2) is 46.8 Å². The number of para-hydroxylation sites is 1. The SMILES string of the molecule is Cc1cccc(CN2CCN(C(=O)c3ccccc3[N+](=O)[O-])CC2)c1. The Balaban J connectivity index is 1.62. The van der Waals surface area contributed by atoms with E-state index in [1.807, 2.05) is 0 Å². The average molecular weight is 339 g/mol. The van der Waals surface area contributed by atoms with E-state index in [1.54, 1.807) is 17.0 Å². The number of nitrogens with zero attached hydrogens (tertiary/aromatic N) is 3. The number of carbonyl (C=O) groups excluding carboxylic acids is 1. The summed E-state index contributed by atoms with van der Waals surface area (Å²) in [6, 6.07) is 14.6. The molecule has 1 amide bonds. The van der Waals surface area contributed by atoms with Crippen LogP contribution < -0.4 is 0 Å². The van der Waals surface area contributed by atoms with E-state index in [-0.39, 0.29) is 17.2 Å². The van der Waals surface area contributed by atoms with Gasteiger partial charge < -0.3 is 4.90 Å². The molecule has 0 aromatic heterocycles. The van der Waals surface area contributed by atoms with Crippen LogP contribution in [0.1, 0.15) is 21.5 Å². The van der Waals surface area contributed by atoms with Gasteiger partial charge in [-0.1, -0.05) is 42.0 Å². The number of rotatable bonds is 4. The molecule has 6 heteroatoms. The summed E-state index contributed by atoms with van der Waals surface area (Å²) in [6.45, 7) is 5.62. The molecule has 3 rings (SSSR count). The molecule has 0 radical (unpaired) electrons. The van der Waals surface area contributed by atoms with Gasteiger partial charge >= 0.3 is 0 Å². The highest BCUT2D eigenvalue weighted by atomic mass is 16.6. The third-order valence-corrected chi connectivity index (χ3v) is 4.48. The van der Waals surface area contributed by atoms with Gasteiger partial charge in [-0.2, -0.15) is 0 Å². The van der Waals surface area contributed by atoms with Crippen molar-refractivity contribution in [3.8, 4) is 0 Å². The van der Waals surface area contributed by atoms with Gasteiger partial charge in [0.05, 0.1) is 4.92 Å². The summed E-state index contributed by atoms with van der Waals surface area (Å²) in [5.41, 5.74) is 2.54. The second-order valence-electron chi connectivity index (χ2n) is 6.33. The van der Waals surface area contributed by atoms with Crippen LogP contribution in [0.3, 0.4) is 0 Å². The first kappa shape index (κ1) is 17.1. The average Bonchev–Trinajstić information content (AvgIpc) is 2.62. The number of amides is 1. The molecular weight excluding hydrogens is 318 g/mol. The molecule has 2 aromatic carbocycles. The second-order valence-corrected chi connectivity index (χ2v) is 6.33. The van der Waals surface area contributed by atoms with Crippen molar-refractivity contribution in [3.05, 3.63) is 75.3 Å². The maximum Gasteiger partial charge on any atom is 0.282 e. The lowest BCUT2D eigenvalue weighted by molar-refractivity contribution is -0.385. The van der Waals surface area contributed by atoms with Crippen molar-refractivity contribution in [3.63, 3.8) is 0 Å². The molecule has 2 aromatic rings. The predicted molar refractivity (Wildman–Crippen MR) is 95.5 cm³/mol. The molecular formula is C19H21N3O3. The van der Waals surface area contributed by atoms with Crippen LogP contribution in [0.15, 0.2) is 48.5 Å². The number of nitro groups is 1. The Labute approximate surface area is 146 Å². The summed E-state index contributed by atoms with van der Waals surface area (Å²) in [5.74, 6) is -0.262. The van der Waals surface area contributed by atoms with Crippen molar-refractivity contribution in [1.29, 1.82) is 0 Å². The van der Waals surface area contributed by atoms with Crippen molar-refractivity contribution in [2.75, 3.05) is 26.2 Å². The van der Waals surface area contributed by atoms with Crippen molar-refractivity contribution in [1.82, 2.24) is 9.80 Å². The molecule has 130 valence electrons. The molecule has 1 fully saturated rings. The first-order valence-electron chi connectivity index (χ1n) is 8.35. The highest BCUT2D eigenvalue weighted by molar-refractivity contribution is 5.98. The zero-order valence-corrected chi connectivity index (χ0v) is 14.2. The number of carbonyl (C=O) groups is 1. The van der Waals surface area contributed by atoms with Crippen LogP contribution >= 0.6 is 0 Å². The first-order chi connectivity index (χ1) is 12.0. The fourth-order valence-electron chi connectivity index (χ4n) is 3.16. The van der Waals surface area contributed by atoms with Crippen molar-refractivity contribution >= 4 is 11.6 Å². The summed E-state index contributed by atoms with van der Waals surface area (Å²) >= 11 is 0. The highest BCUT2D eigenvalue weighted by Crippen LogP contribution is 2.20. The zero-order valence-electron chi connectivity index (χ0n) is 14.2. The third kappa shape index (κ3) is 4.03. The third-order valence-electron chi connectivity index (χ3n) is 4.48. The molecule has 25 heavy (non-hydrogen) atoms. The van der Waals surface area contributed by atoms with Crippen LogP contribution in [-0.2, 0) is 6.54 Å². The molecule has 0 bridgehead atoms. The number of hydrogen-bond donors (Lipinski definition) is 0. The van der Waals surface area contributed by atoms with E-state index in [1.165, 1.54) is 23.3 Å². The quantitative estimate of drug-likeness (QED) is 0.634. The van der Waals surface area contributed by atoms with Gasteiger partial charge in [-0.15, -0.1) is 0 Å². The number of hydrogen-bond acceptors (Lipinski definition) is 4. The van der Waals surface area contributed by atoms with Crippen LogP contribution in [0.25, 0.3) is 0 Å². The van der Waals surface area contributed by atoms with Gasteiger partial charge in [-0.25, -0.2) is 0 Å². The Kier molecular flexibility index (Phi) is 5.09. The van der Waals surface area contributed by atoms with Gasteiger partial charge in [0.15, 0.2) is 0 Å². The summed E-state index contributed by atoms with van der Waals surface area (Å²) in [7, 11) is 0. The lowest BCUT2D eigenvalue weighted by Gasteiger charge is -2.34. The minimum atomic E-state index is -0.499. The fourth-order valence-corrected chi connectivity index (χ4v) is 3.16. The number of nitro benzene ring substituents is 1. The van der Waals surface area contributed by atoms with Crippen LogP contribution in [0.4, 0.5) is 5.69 Å². The molecule has 0 spiro atoms. The number of aryl methyl sites for hydroxylation is 1. The fraction of sp³-hybridized carbons (Fsp3) is 0.316. The summed E-state index contributed by atoms with van der Waals surface area (Å²) in [5, 5.41) is 11.1. The molecule has 0 atom stereocenters. The van der Waals surface area contributed by atoms with E-state index < -0.39 is 4.92 Å². The van der Waals surface area contributed by atoms with Gasteiger partial charge in [0.25, 0.3) is 11.6 Å². The van der Waals surface area contributed by atoms with E-state index in [9.17, 15) is 14.9 Å². The molecule has 1 aliphatic rings. The molecule has 0 saturated carbocycles. The maximum absolute atomic E-state index is 12.6. The molecule has 6 nitrogen and oxygen atoms in total. The van der Waals surface area contributed by atoms with Crippen LogP contribution in [0.2, 0.25) is 0 Å². The van der Waals surface area contributed by atoms with Crippen molar-refractivity contribution < 1.29 is 9.72 Å². The van der Waals surface area contributed by atoms with E-state index in [2.05, 4.69) is 36.1 Å². The highest BCUT2D eigenvalue weighted by Gasteiger charge is 2.27. The molecule has 0 N–H and O–H groups in total. The minimum Gasteiger partial charge on any atom is -0.336 e. The Morgan fingerprint density at radius 3 is 2.48 bits per heavy atom. The lowest BCUT2D eigenvalue weighted by atomic mass is 10.1. The van der Waals surface area contributed by atoms with E-state index in [0.717, 1.165) is 19.6 Å². The van der Waals surface area contributed by atoms with Crippen molar-refractivity contribution in [2.24, 2.45) is 0 Å². The van der Waals surface area contributed by atoms with Gasteiger partial charge in [-0.3, -0.25) is 19.8 Å². The summed E-state index contributed by atoms with van der Waals surface area (Å²) in [6.07, 6.45) is 0. The smallest absolute Gasteiger partial charge is 0.282 e. The van der Waals surface area contributed by atoms with Gasteiger partial charge in [0, 0.05) is 38.8 Å². The number of benzene rings is 2. The monoisotopic (exact) mass is 339 g/mol. The Morgan fingerprint density at radius 1 is 1.08 bits per heavy atom. The normalized spacial score (nSPS) is 15.2. The first-order valence-corrected chi connectivity index (χ1v) is 8.35. The van der Waals surface area contributed by atoms with Gasteiger partial charge in [0.1, 0.15) is 5.56 Å². The maximum atomic E-state index is 12.6. The Hall–Kier alpha value is -2.73. The van der Waals surface area contributed by atoms with Crippen LogP contribution in [0, 0.1) is 17.0 Å². The van der Waals surface area contributed by atoms with E-state index in [4.69, 9.17) is 0 Å². The standard InChI is InChI=1S/C19H21N3O3/c1-15-5-4-6-16(13-15)14-20-9-11-21(12-10-20)19(23)17-7-2-3-8-18(17)22(24)25/h2-8,13H,9-12,14H2,1H3. The van der Waals surface area contributed by atoms with Crippen molar-refractivity contribution in [2.45, 2.75) is 13.5 Å². The Morgan fingerprint density at radius 2 is 1.80 bits per heavy atom. The largest absolute Gasteiger partial charge is 0.336 e. The molecule has 0 aliphatic carbocycles. The summed E-state index contributed by atoms with van der Waals surface area (Å²) < 4.78 is 0. The molecule has 1 heterocycles. The van der Waals surface area contributed by atoms with Crippen LogP contribution in [0.5, 0.6) is 0 Å². The molecule has 1 aliphatic heterocycles. The van der Waals surface area contributed by atoms with Gasteiger partial charge in [-0.05, 0) is 18.6 Å². The zero-order chi connectivity index (χ0) is 17.8. The van der Waals surface area contributed by atoms with E-state index in [0.29, 0.717) is 13.1 Å². The summed E-state index contributed by atoms with van der Waals surface area (Å²) in [4.78, 5) is 27.3. The topological polar surface area (TPSA) is 66.7 Å². The van der Waals surface area contributed by atoms with Gasteiger partial charge in [0.2, 0.25) is 0 Å². The molecule has 1 saturated heterocycles. The second kappa shape index (κ2) is 7.44. The Bertz CT molecular complexity index is 783. The molecule has 0 unspecified atom stereocenters. The minimum absolute atomic E-state index is 0.130. The number of piperazine rings is 1. The lowest BCUT2D eigenvalue weighted by Crippen LogP contribution is -2.48. The predicted octanol–water partition coefficient (Wildman–Crippen LogP) is 2.86. The van der Waals surface area contributed by atoms with E-state index >= 15 is 0 Å².